The molecule has 1 fully saturated rings. The number of nitrogens with one attached hydrogen (secondary N) is 1. The van der Waals surface area contributed by atoms with Gasteiger partial charge in [0.1, 0.15) is 0 Å². The number of hydrogen-bond donors (Lipinski definition) is 1. The van der Waals surface area contributed by atoms with Gasteiger partial charge in [-0.1, -0.05) is 29.4 Å². The average Bonchev–Trinajstić information content (AvgIpc) is 2.72. The maximum absolute atomic E-state index is 11.3. The van der Waals surface area contributed by atoms with Crippen molar-refractivity contribution in [2.45, 2.75) is 45.8 Å². The molecule has 0 bridgehead atoms. The molecule has 1 aliphatic heterocycles. The fraction of sp³-hybridized carbons (Fsp3) is 0.471. The molecule has 1 amide bonds. The third-order valence-corrected chi connectivity index (χ3v) is 4.48. The topological polar surface area (TPSA) is 96.3 Å². The van der Waals surface area contributed by atoms with E-state index in [1.54, 1.807) is 18.2 Å². The van der Waals surface area contributed by atoms with Crippen LogP contribution in [0.2, 0.25) is 0 Å². The number of rotatable bonds is 5. The molecule has 1 heterocycles. The van der Waals surface area contributed by atoms with Crippen molar-refractivity contribution in [3.05, 3.63) is 45.7 Å². The molecular formula is C17H23BN4O3. The predicted molar refractivity (Wildman–Crippen MR) is 98.0 cm³/mol. The minimum atomic E-state index is -0.569. The van der Waals surface area contributed by atoms with Gasteiger partial charge in [-0.15, -0.1) is 0 Å². The van der Waals surface area contributed by atoms with Gasteiger partial charge in [0.2, 0.25) is 5.91 Å². The van der Waals surface area contributed by atoms with Crippen LogP contribution in [0.1, 0.15) is 40.2 Å². The SMILES string of the molecule is CC(=O)NCC(=Cc1cccc(N=[N+]=[N-])c1)B1OC(C)(C)C(C)(C)O1. The maximum atomic E-state index is 11.3. The van der Waals surface area contributed by atoms with E-state index in [1.165, 1.54) is 6.92 Å². The molecule has 1 aromatic rings. The molecule has 0 unspecified atom stereocenters. The van der Waals surface area contributed by atoms with Crippen LogP contribution in [-0.4, -0.2) is 30.8 Å². The van der Waals surface area contributed by atoms with Crippen molar-refractivity contribution in [3.8, 4) is 0 Å². The third-order valence-electron chi connectivity index (χ3n) is 4.48. The Morgan fingerprint density at radius 1 is 1.32 bits per heavy atom. The second-order valence-corrected chi connectivity index (χ2v) is 7.00. The van der Waals surface area contributed by atoms with Crippen molar-refractivity contribution in [1.82, 2.24) is 5.32 Å². The summed E-state index contributed by atoms with van der Waals surface area (Å²) in [5.74, 6) is -0.134. The van der Waals surface area contributed by atoms with Gasteiger partial charge in [0, 0.05) is 24.1 Å². The van der Waals surface area contributed by atoms with E-state index in [1.807, 2.05) is 39.8 Å². The van der Waals surface area contributed by atoms with Crippen LogP contribution in [0.4, 0.5) is 5.69 Å². The van der Waals surface area contributed by atoms with Crippen molar-refractivity contribution in [3.63, 3.8) is 0 Å². The molecule has 25 heavy (non-hydrogen) atoms. The van der Waals surface area contributed by atoms with Crippen LogP contribution in [0.25, 0.3) is 16.5 Å². The van der Waals surface area contributed by atoms with Crippen LogP contribution < -0.4 is 5.32 Å². The molecule has 2 rings (SSSR count). The lowest BCUT2D eigenvalue weighted by Crippen LogP contribution is -2.41. The van der Waals surface area contributed by atoms with E-state index >= 15 is 0 Å². The van der Waals surface area contributed by atoms with E-state index in [4.69, 9.17) is 14.8 Å². The second-order valence-electron chi connectivity index (χ2n) is 7.00. The van der Waals surface area contributed by atoms with Gasteiger partial charge in [0.05, 0.1) is 11.2 Å². The molecule has 7 nitrogen and oxygen atoms in total. The number of nitrogens with zero attached hydrogens (tertiary/aromatic N) is 3. The van der Waals surface area contributed by atoms with Crippen LogP contribution >= 0.6 is 0 Å². The van der Waals surface area contributed by atoms with E-state index in [9.17, 15) is 4.79 Å². The van der Waals surface area contributed by atoms with Gasteiger partial charge in [0.25, 0.3) is 0 Å². The monoisotopic (exact) mass is 342 g/mol. The summed E-state index contributed by atoms with van der Waals surface area (Å²) < 4.78 is 12.2. The first-order valence-corrected chi connectivity index (χ1v) is 8.10. The Kier molecular flexibility index (Phi) is 5.57. The number of amides is 1. The first kappa shape index (κ1) is 19.1. The van der Waals surface area contributed by atoms with Gasteiger partial charge in [-0.2, -0.15) is 0 Å². The highest BCUT2D eigenvalue weighted by Crippen LogP contribution is 2.38. The summed E-state index contributed by atoms with van der Waals surface area (Å²) >= 11 is 0. The van der Waals surface area contributed by atoms with Crippen molar-refractivity contribution in [2.75, 3.05) is 6.54 Å². The summed E-state index contributed by atoms with van der Waals surface area (Å²) in [5.41, 5.74) is 9.77. The highest BCUT2D eigenvalue weighted by molar-refractivity contribution is 6.56. The van der Waals surface area contributed by atoms with Crippen molar-refractivity contribution in [1.29, 1.82) is 0 Å². The molecule has 132 valence electrons. The molecule has 0 saturated carbocycles. The normalized spacial score (nSPS) is 18.6. The summed E-state index contributed by atoms with van der Waals surface area (Å²) in [6.45, 7) is 9.68. The fourth-order valence-electron chi connectivity index (χ4n) is 2.37. The highest BCUT2D eigenvalue weighted by Gasteiger charge is 2.52. The lowest BCUT2D eigenvalue weighted by atomic mass is 9.77. The van der Waals surface area contributed by atoms with E-state index in [-0.39, 0.29) is 5.91 Å². The standard InChI is InChI=1S/C17H23BN4O3/c1-12(23)20-11-14(18-24-16(2,3)17(4,5)25-18)9-13-7-6-8-15(10-13)21-22-19/h6-10H,11H2,1-5H3,(H,20,23). The summed E-state index contributed by atoms with van der Waals surface area (Å²) in [4.78, 5) is 14.1. The molecule has 0 spiro atoms. The largest absolute Gasteiger partial charge is 0.492 e. The number of azide groups is 1. The number of carbonyl (C=O) groups excluding carboxylic acids is 1. The highest BCUT2D eigenvalue weighted by atomic mass is 16.7. The average molecular weight is 342 g/mol. The molecule has 0 aromatic heterocycles. The smallest absolute Gasteiger partial charge is 0.400 e. The maximum Gasteiger partial charge on any atom is 0.492 e. The molecule has 1 aromatic carbocycles. The first-order valence-electron chi connectivity index (χ1n) is 8.10. The van der Waals surface area contributed by atoms with Crippen molar-refractivity contribution < 1.29 is 14.1 Å². The van der Waals surface area contributed by atoms with E-state index < -0.39 is 18.3 Å². The molecule has 1 saturated heterocycles. The van der Waals surface area contributed by atoms with E-state index in [0.29, 0.717) is 12.2 Å². The summed E-state index contributed by atoms with van der Waals surface area (Å²) in [6, 6.07) is 7.17. The molecule has 1 aliphatic rings. The van der Waals surface area contributed by atoms with E-state index in [0.717, 1.165) is 11.0 Å². The lowest BCUT2D eigenvalue weighted by Gasteiger charge is -2.32. The van der Waals surface area contributed by atoms with Crippen LogP contribution in [0.5, 0.6) is 0 Å². The van der Waals surface area contributed by atoms with Crippen molar-refractivity contribution >= 4 is 24.8 Å². The second kappa shape index (κ2) is 7.31. The zero-order chi connectivity index (χ0) is 18.7. The van der Waals surface area contributed by atoms with Gasteiger partial charge in [-0.3, -0.25) is 4.79 Å². The summed E-state index contributed by atoms with van der Waals surface area (Å²) in [5, 5.41) is 6.40. The molecule has 8 heteroatoms. The minimum absolute atomic E-state index is 0.134. The van der Waals surface area contributed by atoms with Crippen LogP contribution in [0.3, 0.4) is 0 Å². The zero-order valence-corrected chi connectivity index (χ0v) is 15.2. The Hall–Kier alpha value is -2.28. The first-order chi connectivity index (χ1) is 11.6. The lowest BCUT2D eigenvalue weighted by molar-refractivity contribution is -0.118. The van der Waals surface area contributed by atoms with E-state index in [2.05, 4.69) is 15.3 Å². The van der Waals surface area contributed by atoms with Gasteiger partial charge >= 0.3 is 7.12 Å². The Bertz CT molecular complexity index is 723. The Balaban J connectivity index is 2.35. The van der Waals surface area contributed by atoms with Gasteiger partial charge < -0.3 is 14.6 Å². The molecule has 1 N–H and O–H groups in total. The quantitative estimate of drug-likeness (QED) is 0.382. The van der Waals surface area contributed by atoms with Crippen LogP contribution in [0, 0.1) is 0 Å². The Morgan fingerprint density at radius 3 is 2.52 bits per heavy atom. The van der Waals surface area contributed by atoms with Gasteiger partial charge in [0.15, 0.2) is 0 Å². The predicted octanol–water partition coefficient (Wildman–Crippen LogP) is 3.78. The Labute approximate surface area is 148 Å². The number of carbonyl (C=O) groups is 1. The summed E-state index contributed by atoms with van der Waals surface area (Å²) in [7, 11) is -0.569. The van der Waals surface area contributed by atoms with Gasteiger partial charge in [-0.25, -0.2) is 0 Å². The van der Waals surface area contributed by atoms with Gasteiger partial charge in [-0.05, 0) is 50.3 Å². The zero-order valence-electron chi connectivity index (χ0n) is 15.2. The van der Waals surface area contributed by atoms with Crippen LogP contribution in [-0.2, 0) is 14.1 Å². The number of hydrogen-bond acceptors (Lipinski definition) is 4. The Morgan fingerprint density at radius 2 is 1.96 bits per heavy atom. The molecular weight excluding hydrogens is 319 g/mol. The third kappa shape index (κ3) is 4.63. The molecule has 0 radical (unpaired) electrons. The minimum Gasteiger partial charge on any atom is -0.400 e. The molecule has 0 aliphatic carbocycles. The summed E-state index contributed by atoms with van der Waals surface area (Å²) in [6.07, 6.45) is 1.88. The molecule has 0 atom stereocenters. The number of benzene rings is 1. The van der Waals surface area contributed by atoms with Crippen LogP contribution in [0.15, 0.2) is 34.9 Å². The van der Waals surface area contributed by atoms with Crippen molar-refractivity contribution in [2.24, 2.45) is 5.11 Å². The fourth-order valence-corrected chi connectivity index (χ4v) is 2.37.